The van der Waals surface area contributed by atoms with Crippen LogP contribution < -0.4 is 5.73 Å². The van der Waals surface area contributed by atoms with Gasteiger partial charge in [-0.05, 0) is 25.8 Å². The molecule has 2 nitrogen and oxygen atoms in total. The van der Waals surface area contributed by atoms with Crippen LogP contribution in [-0.2, 0) is 4.74 Å². The highest BCUT2D eigenvalue weighted by Gasteiger charge is 1.91. The van der Waals surface area contributed by atoms with Gasteiger partial charge < -0.3 is 10.5 Å². The zero-order chi connectivity index (χ0) is 7.82. The SMILES string of the molecule is C=C(CCN)CCCOC. The Labute approximate surface area is 63.1 Å². The maximum atomic E-state index is 5.34. The van der Waals surface area contributed by atoms with Crippen molar-refractivity contribution in [2.75, 3.05) is 20.3 Å². The van der Waals surface area contributed by atoms with E-state index in [0.717, 1.165) is 25.9 Å². The Morgan fingerprint density at radius 1 is 1.50 bits per heavy atom. The van der Waals surface area contributed by atoms with Gasteiger partial charge in [-0.1, -0.05) is 12.2 Å². The minimum atomic E-state index is 0.714. The van der Waals surface area contributed by atoms with Crippen LogP contribution in [0.25, 0.3) is 0 Å². The minimum Gasteiger partial charge on any atom is -0.385 e. The first-order valence-corrected chi connectivity index (χ1v) is 3.67. The minimum absolute atomic E-state index is 0.714. The van der Waals surface area contributed by atoms with Crippen molar-refractivity contribution in [1.82, 2.24) is 0 Å². The molecule has 0 aromatic rings. The molecule has 0 spiro atoms. The molecule has 0 rings (SSSR count). The fraction of sp³-hybridized carbons (Fsp3) is 0.750. The lowest BCUT2D eigenvalue weighted by Gasteiger charge is -2.01. The maximum Gasteiger partial charge on any atom is 0.0465 e. The van der Waals surface area contributed by atoms with Crippen LogP contribution in [0.4, 0.5) is 0 Å². The predicted octanol–water partition coefficient (Wildman–Crippen LogP) is 1.32. The Morgan fingerprint density at radius 3 is 2.70 bits per heavy atom. The van der Waals surface area contributed by atoms with Crippen LogP contribution >= 0.6 is 0 Å². The molecule has 0 aromatic carbocycles. The molecule has 0 aliphatic rings. The molecule has 0 aliphatic carbocycles. The summed E-state index contributed by atoms with van der Waals surface area (Å²) in [5.41, 5.74) is 6.58. The lowest BCUT2D eigenvalue weighted by Crippen LogP contribution is -2.00. The van der Waals surface area contributed by atoms with E-state index in [0.29, 0.717) is 6.54 Å². The highest BCUT2D eigenvalue weighted by Crippen LogP contribution is 2.04. The van der Waals surface area contributed by atoms with Crippen LogP contribution in [-0.4, -0.2) is 20.3 Å². The lowest BCUT2D eigenvalue weighted by atomic mass is 10.1. The zero-order valence-electron chi connectivity index (χ0n) is 6.73. The summed E-state index contributed by atoms with van der Waals surface area (Å²) in [6, 6.07) is 0. The second kappa shape index (κ2) is 6.78. The third kappa shape index (κ3) is 5.79. The number of hydrogen-bond donors (Lipinski definition) is 1. The fourth-order valence-corrected chi connectivity index (χ4v) is 0.796. The molecule has 0 radical (unpaired) electrons. The Balaban J connectivity index is 3.05. The molecule has 2 heteroatoms. The summed E-state index contributed by atoms with van der Waals surface area (Å²) in [5, 5.41) is 0. The summed E-state index contributed by atoms with van der Waals surface area (Å²) in [7, 11) is 1.71. The van der Waals surface area contributed by atoms with Gasteiger partial charge in [0.1, 0.15) is 0 Å². The maximum absolute atomic E-state index is 5.34. The summed E-state index contributed by atoms with van der Waals surface area (Å²) >= 11 is 0. The van der Waals surface area contributed by atoms with Crippen molar-refractivity contribution in [3.63, 3.8) is 0 Å². The summed E-state index contributed by atoms with van der Waals surface area (Å²) in [6.07, 6.45) is 3.06. The third-order valence-corrected chi connectivity index (χ3v) is 1.38. The molecule has 0 aliphatic heterocycles. The van der Waals surface area contributed by atoms with Gasteiger partial charge in [0.15, 0.2) is 0 Å². The quantitative estimate of drug-likeness (QED) is 0.449. The van der Waals surface area contributed by atoms with Crippen molar-refractivity contribution in [3.05, 3.63) is 12.2 Å². The molecule has 0 saturated heterocycles. The van der Waals surface area contributed by atoms with Gasteiger partial charge in [0.05, 0.1) is 0 Å². The van der Waals surface area contributed by atoms with Crippen molar-refractivity contribution >= 4 is 0 Å². The molecule has 2 N–H and O–H groups in total. The van der Waals surface area contributed by atoms with Gasteiger partial charge in [-0.15, -0.1) is 0 Å². The monoisotopic (exact) mass is 143 g/mol. The highest BCUT2D eigenvalue weighted by molar-refractivity contribution is 4.93. The van der Waals surface area contributed by atoms with Crippen molar-refractivity contribution in [3.8, 4) is 0 Å². The molecule has 0 heterocycles. The number of nitrogens with two attached hydrogens (primary N) is 1. The van der Waals surface area contributed by atoms with E-state index in [1.165, 1.54) is 5.57 Å². The van der Waals surface area contributed by atoms with E-state index in [2.05, 4.69) is 6.58 Å². The van der Waals surface area contributed by atoms with E-state index in [-0.39, 0.29) is 0 Å². The second-order valence-electron chi connectivity index (χ2n) is 2.39. The van der Waals surface area contributed by atoms with E-state index in [1.807, 2.05) is 0 Å². The first-order valence-electron chi connectivity index (χ1n) is 3.67. The normalized spacial score (nSPS) is 9.80. The van der Waals surface area contributed by atoms with Crippen LogP contribution in [0.15, 0.2) is 12.2 Å². The fourth-order valence-electron chi connectivity index (χ4n) is 0.796. The average molecular weight is 143 g/mol. The van der Waals surface area contributed by atoms with Gasteiger partial charge in [-0.2, -0.15) is 0 Å². The predicted molar refractivity (Wildman–Crippen MR) is 43.9 cm³/mol. The lowest BCUT2D eigenvalue weighted by molar-refractivity contribution is 0.195. The largest absolute Gasteiger partial charge is 0.385 e. The van der Waals surface area contributed by atoms with Crippen LogP contribution in [0.1, 0.15) is 19.3 Å². The molecule has 0 aromatic heterocycles. The number of methoxy groups -OCH3 is 1. The molecule has 0 atom stereocenters. The van der Waals surface area contributed by atoms with Crippen molar-refractivity contribution in [2.24, 2.45) is 5.73 Å². The van der Waals surface area contributed by atoms with Gasteiger partial charge in [0.2, 0.25) is 0 Å². The summed E-state index contributed by atoms with van der Waals surface area (Å²) in [6.45, 7) is 5.42. The molecule has 10 heavy (non-hydrogen) atoms. The van der Waals surface area contributed by atoms with Crippen molar-refractivity contribution in [1.29, 1.82) is 0 Å². The Bertz CT molecular complexity index is 91.3. The van der Waals surface area contributed by atoms with Crippen LogP contribution in [0.3, 0.4) is 0 Å². The molecule has 0 bridgehead atoms. The van der Waals surface area contributed by atoms with E-state index in [4.69, 9.17) is 10.5 Å². The standard InChI is InChI=1S/C8H17NO/c1-8(5-6-9)4-3-7-10-2/h1,3-7,9H2,2H3. The molecule has 0 amide bonds. The Hall–Kier alpha value is -0.340. The van der Waals surface area contributed by atoms with Gasteiger partial charge >= 0.3 is 0 Å². The summed E-state index contributed by atoms with van der Waals surface area (Å²) in [5.74, 6) is 0. The van der Waals surface area contributed by atoms with E-state index >= 15 is 0 Å². The van der Waals surface area contributed by atoms with Gasteiger partial charge in [0, 0.05) is 13.7 Å². The Kier molecular flexibility index (Phi) is 6.55. The Morgan fingerprint density at radius 2 is 2.20 bits per heavy atom. The van der Waals surface area contributed by atoms with Crippen molar-refractivity contribution in [2.45, 2.75) is 19.3 Å². The molecule has 0 fully saturated rings. The zero-order valence-corrected chi connectivity index (χ0v) is 6.73. The molecular weight excluding hydrogens is 126 g/mol. The van der Waals surface area contributed by atoms with Crippen LogP contribution in [0, 0.1) is 0 Å². The number of ether oxygens (including phenoxy) is 1. The van der Waals surface area contributed by atoms with Crippen LogP contribution in [0.2, 0.25) is 0 Å². The summed E-state index contributed by atoms with van der Waals surface area (Å²) in [4.78, 5) is 0. The smallest absolute Gasteiger partial charge is 0.0465 e. The van der Waals surface area contributed by atoms with Crippen molar-refractivity contribution < 1.29 is 4.74 Å². The average Bonchev–Trinajstić information content (AvgIpc) is 1.89. The third-order valence-electron chi connectivity index (χ3n) is 1.38. The van der Waals surface area contributed by atoms with Gasteiger partial charge in [-0.3, -0.25) is 0 Å². The second-order valence-corrected chi connectivity index (χ2v) is 2.39. The van der Waals surface area contributed by atoms with Gasteiger partial charge in [-0.25, -0.2) is 0 Å². The highest BCUT2D eigenvalue weighted by atomic mass is 16.5. The van der Waals surface area contributed by atoms with E-state index < -0.39 is 0 Å². The van der Waals surface area contributed by atoms with E-state index in [1.54, 1.807) is 7.11 Å². The molecule has 60 valence electrons. The summed E-state index contributed by atoms with van der Waals surface area (Å²) < 4.78 is 4.90. The molecule has 0 saturated carbocycles. The first-order chi connectivity index (χ1) is 4.81. The van der Waals surface area contributed by atoms with Gasteiger partial charge in [0.25, 0.3) is 0 Å². The first kappa shape index (κ1) is 9.66. The number of hydrogen-bond acceptors (Lipinski definition) is 2. The molecular formula is C8H17NO. The molecule has 0 unspecified atom stereocenters. The van der Waals surface area contributed by atoms with Crippen LogP contribution in [0.5, 0.6) is 0 Å². The topological polar surface area (TPSA) is 35.2 Å². The number of rotatable bonds is 6. The van der Waals surface area contributed by atoms with E-state index in [9.17, 15) is 0 Å².